The van der Waals surface area contributed by atoms with Crippen molar-refractivity contribution in [2.24, 2.45) is 0 Å². The van der Waals surface area contributed by atoms with Gasteiger partial charge in [0.05, 0.1) is 5.75 Å². The summed E-state index contributed by atoms with van der Waals surface area (Å²) in [6.07, 6.45) is 0. The second-order valence-electron chi connectivity index (χ2n) is 4.44. The molecule has 0 amide bonds. The van der Waals surface area contributed by atoms with E-state index in [-0.39, 0.29) is 5.75 Å². The number of hydrogen-bond donors (Lipinski definition) is 2. The molecule has 2 aromatic rings. The minimum Gasteiger partial charge on any atom is -0.481 e. The van der Waals surface area contributed by atoms with Crippen LogP contribution in [0, 0.1) is 13.8 Å². The number of benzene rings is 1. The maximum Gasteiger partial charge on any atom is 0.313 e. The average Bonchev–Trinajstić information content (AvgIpc) is 2.39. The lowest BCUT2D eigenvalue weighted by Crippen LogP contribution is -2.01. The Bertz CT molecular complexity index is 659. The van der Waals surface area contributed by atoms with E-state index in [1.807, 2.05) is 32.0 Å². The highest BCUT2D eigenvalue weighted by atomic mass is 32.2. The van der Waals surface area contributed by atoms with E-state index < -0.39 is 5.97 Å². The van der Waals surface area contributed by atoms with Crippen LogP contribution in [0.2, 0.25) is 0 Å². The van der Waals surface area contributed by atoms with Crippen molar-refractivity contribution in [3.63, 3.8) is 0 Å². The summed E-state index contributed by atoms with van der Waals surface area (Å²) in [6.45, 7) is 4.05. The van der Waals surface area contributed by atoms with Crippen LogP contribution in [0.15, 0.2) is 29.3 Å². The van der Waals surface area contributed by atoms with Gasteiger partial charge in [-0.15, -0.1) is 0 Å². The third-order valence-corrected chi connectivity index (χ3v) is 3.73. The molecule has 5 nitrogen and oxygen atoms in total. The Morgan fingerprint density at radius 1 is 1.25 bits per heavy atom. The molecule has 1 heterocycles. The summed E-state index contributed by atoms with van der Waals surface area (Å²) >= 11 is 1.13. The van der Waals surface area contributed by atoms with Crippen LogP contribution in [-0.4, -0.2) is 26.8 Å². The molecule has 0 aliphatic rings. The number of anilines is 1. The predicted molar refractivity (Wildman–Crippen MR) is 79.7 cm³/mol. The number of nitrogens with zero attached hydrogens (tertiary/aromatic N) is 2. The van der Waals surface area contributed by atoms with Gasteiger partial charge in [0, 0.05) is 11.6 Å². The first-order chi connectivity index (χ1) is 9.45. The fraction of sp³-hybridized carbons (Fsp3) is 0.214. The zero-order valence-corrected chi connectivity index (χ0v) is 12.1. The van der Waals surface area contributed by atoms with Crippen LogP contribution in [0.1, 0.15) is 11.1 Å². The van der Waals surface area contributed by atoms with Crippen LogP contribution in [-0.2, 0) is 4.79 Å². The van der Waals surface area contributed by atoms with Crippen LogP contribution >= 0.6 is 11.8 Å². The molecule has 1 aromatic heterocycles. The number of aliphatic carboxylic acids is 1. The molecule has 0 aliphatic heterocycles. The topological polar surface area (TPSA) is 89.1 Å². The van der Waals surface area contributed by atoms with Crippen molar-refractivity contribution in [2.45, 2.75) is 18.9 Å². The quantitative estimate of drug-likeness (QED) is 0.664. The highest BCUT2D eigenvalue weighted by Crippen LogP contribution is 2.24. The maximum atomic E-state index is 10.6. The van der Waals surface area contributed by atoms with Crippen molar-refractivity contribution in [1.29, 1.82) is 0 Å². The Labute approximate surface area is 121 Å². The van der Waals surface area contributed by atoms with Gasteiger partial charge in [-0.25, -0.2) is 9.97 Å². The lowest BCUT2D eigenvalue weighted by Gasteiger charge is -2.07. The van der Waals surface area contributed by atoms with E-state index >= 15 is 0 Å². The third-order valence-electron chi connectivity index (χ3n) is 2.83. The van der Waals surface area contributed by atoms with Gasteiger partial charge in [-0.3, -0.25) is 4.79 Å². The van der Waals surface area contributed by atoms with Gasteiger partial charge in [0.15, 0.2) is 5.82 Å². The molecule has 3 N–H and O–H groups in total. The number of aryl methyl sites for hydroxylation is 2. The van der Waals surface area contributed by atoms with Crippen LogP contribution in [0.5, 0.6) is 0 Å². The monoisotopic (exact) mass is 289 g/mol. The molecule has 2 rings (SSSR count). The van der Waals surface area contributed by atoms with Crippen LogP contribution in [0.3, 0.4) is 0 Å². The molecule has 1 aromatic carbocycles. The highest BCUT2D eigenvalue weighted by molar-refractivity contribution is 7.99. The molecule has 104 valence electrons. The number of rotatable bonds is 4. The Morgan fingerprint density at radius 2 is 2.00 bits per heavy atom. The normalized spacial score (nSPS) is 10.5. The largest absolute Gasteiger partial charge is 0.481 e. The van der Waals surface area contributed by atoms with Crippen LogP contribution in [0.4, 0.5) is 5.82 Å². The molecule has 0 radical (unpaired) electrons. The standard InChI is InChI=1S/C14H15N3O2S/c1-8-3-4-10(5-9(8)2)14-16-11(15)6-12(17-14)20-7-13(18)19/h3-6H,7H2,1-2H3,(H,18,19)(H2,15,16,17). The summed E-state index contributed by atoms with van der Waals surface area (Å²) in [5.41, 5.74) is 8.97. The van der Waals surface area contributed by atoms with E-state index in [1.165, 1.54) is 5.56 Å². The molecule has 0 saturated carbocycles. The van der Waals surface area contributed by atoms with Crippen molar-refractivity contribution < 1.29 is 9.90 Å². The predicted octanol–water partition coefficient (Wildman–Crippen LogP) is 2.52. The van der Waals surface area contributed by atoms with Gasteiger partial charge in [-0.2, -0.15) is 0 Å². The Balaban J connectivity index is 2.35. The SMILES string of the molecule is Cc1ccc(-c2nc(N)cc(SCC(=O)O)n2)cc1C. The van der Waals surface area contributed by atoms with Crippen molar-refractivity contribution in [2.75, 3.05) is 11.5 Å². The lowest BCUT2D eigenvalue weighted by atomic mass is 10.1. The van der Waals surface area contributed by atoms with Gasteiger partial charge in [-0.1, -0.05) is 23.9 Å². The van der Waals surface area contributed by atoms with Crippen LogP contribution < -0.4 is 5.73 Å². The highest BCUT2D eigenvalue weighted by Gasteiger charge is 2.08. The summed E-state index contributed by atoms with van der Waals surface area (Å²) in [4.78, 5) is 19.2. The first-order valence-corrected chi connectivity index (χ1v) is 7.01. The fourth-order valence-electron chi connectivity index (χ4n) is 1.66. The fourth-order valence-corrected chi connectivity index (χ4v) is 2.29. The summed E-state index contributed by atoms with van der Waals surface area (Å²) in [5.74, 6) is -0.0926. The zero-order chi connectivity index (χ0) is 14.7. The number of aromatic nitrogens is 2. The van der Waals surface area contributed by atoms with Crippen molar-refractivity contribution in [3.8, 4) is 11.4 Å². The van der Waals surface area contributed by atoms with E-state index in [9.17, 15) is 4.79 Å². The number of carboxylic acid groups (broad SMARTS) is 1. The molecule has 0 spiro atoms. The van der Waals surface area contributed by atoms with Crippen molar-refractivity contribution >= 4 is 23.5 Å². The number of carbonyl (C=O) groups is 1. The lowest BCUT2D eigenvalue weighted by molar-refractivity contribution is -0.133. The summed E-state index contributed by atoms with van der Waals surface area (Å²) in [6, 6.07) is 7.51. The molecule has 0 unspecified atom stereocenters. The van der Waals surface area contributed by atoms with Gasteiger partial charge < -0.3 is 10.8 Å². The van der Waals surface area contributed by atoms with Crippen molar-refractivity contribution in [1.82, 2.24) is 9.97 Å². The molecule has 6 heteroatoms. The molecule has 0 fully saturated rings. The first kappa shape index (κ1) is 14.3. The summed E-state index contributed by atoms with van der Waals surface area (Å²) in [7, 11) is 0. The molecule has 0 bridgehead atoms. The van der Waals surface area contributed by atoms with Crippen LogP contribution in [0.25, 0.3) is 11.4 Å². The smallest absolute Gasteiger partial charge is 0.313 e. The minimum absolute atomic E-state index is 0.0528. The molecule has 0 aliphatic carbocycles. The second kappa shape index (κ2) is 5.92. The Morgan fingerprint density at radius 3 is 2.65 bits per heavy atom. The first-order valence-electron chi connectivity index (χ1n) is 6.02. The summed E-state index contributed by atoms with van der Waals surface area (Å²) in [5, 5.41) is 9.26. The van der Waals surface area contributed by atoms with E-state index in [2.05, 4.69) is 9.97 Å². The molecule has 20 heavy (non-hydrogen) atoms. The number of thioether (sulfide) groups is 1. The minimum atomic E-state index is -0.889. The maximum absolute atomic E-state index is 10.6. The Hall–Kier alpha value is -2.08. The number of nitrogen functional groups attached to an aromatic ring is 1. The zero-order valence-electron chi connectivity index (χ0n) is 11.3. The Kier molecular flexibility index (Phi) is 4.24. The second-order valence-corrected chi connectivity index (χ2v) is 5.43. The molecular formula is C14H15N3O2S. The van der Waals surface area contributed by atoms with Gasteiger partial charge in [0.25, 0.3) is 0 Å². The third kappa shape index (κ3) is 3.48. The van der Waals surface area contributed by atoms with E-state index in [0.29, 0.717) is 16.7 Å². The van der Waals surface area contributed by atoms with E-state index in [4.69, 9.17) is 10.8 Å². The molecule has 0 saturated heterocycles. The molecular weight excluding hydrogens is 274 g/mol. The van der Waals surface area contributed by atoms with E-state index in [0.717, 1.165) is 22.9 Å². The van der Waals surface area contributed by atoms with E-state index in [1.54, 1.807) is 6.07 Å². The number of carboxylic acids is 1. The number of hydrogen-bond acceptors (Lipinski definition) is 5. The van der Waals surface area contributed by atoms with Gasteiger partial charge in [0.2, 0.25) is 0 Å². The van der Waals surface area contributed by atoms with Gasteiger partial charge in [-0.05, 0) is 31.0 Å². The average molecular weight is 289 g/mol. The van der Waals surface area contributed by atoms with Gasteiger partial charge in [0.1, 0.15) is 10.8 Å². The molecule has 0 atom stereocenters. The van der Waals surface area contributed by atoms with Gasteiger partial charge >= 0.3 is 5.97 Å². The van der Waals surface area contributed by atoms with Crippen molar-refractivity contribution in [3.05, 3.63) is 35.4 Å². The number of nitrogens with two attached hydrogens (primary N) is 1. The summed E-state index contributed by atoms with van der Waals surface area (Å²) < 4.78 is 0.